The van der Waals surface area contributed by atoms with Gasteiger partial charge in [0.1, 0.15) is 0 Å². The summed E-state index contributed by atoms with van der Waals surface area (Å²) in [6.07, 6.45) is 2.45. The van der Waals surface area contributed by atoms with Crippen LogP contribution in [0.1, 0.15) is 0 Å². The highest BCUT2D eigenvalue weighted by Gasteiger charge is 2.38. The zero-order valence-corrected chi connectivity index (χ0v) is 9.36. The van der Waals surface area contributed by atoms with Crippen molar-refractivity contribution in [1.29, 1.82) is 0 Å². The summed E-state index contributed by atoms with van der Waals surface area (Å²) in [5.74, 6) is -2.17. The summed E-state index contributed by atoms with van der Waals surface area (Å²) in [6, 6.07) is 0. The number of hydroxylamine groups is 2. The summed E-state index contributed by atoms with van der Waals surface area (Å²) in [4.78, 5) is 39.2. The Morgan fingerprint density at radius 3 is 2.12 bits per heavy atom. The maximum Gasteiger partial charge on any atom is 0.346 e. The van der Waals surface area contributed by atoms with E-state index < -0.39 is 17.8 Å². The van der Waals surface area contributed by atoms with Crippen LogP contribution in [-0.2, 0) is 19.2 Å². The van der Waals surface area contributed by atoms with Gasteiger partial charge in [-0.05, 0) is 7.05 Å². The minimum Gasteiger partial charge on any atom is -0.328 e. The van der Waals surface area contributed by atoms with Gasteiger partial charge in [0, 0.05) is 0 Å². The first-order chi connectivity index (χ1) is 8.06. The van der Waals surface area contributed by atoms with Crippen molar-refractivity contribution in [3.05, 3.63) is 36.5 Å². The van der Waals surface area contributed by atoms with E-state index in [1.54, 1.807) is 0 Å². The molecule has 0 aromatic rings. The quantitative estimate of drug-likeness (QED) is 0.663. The molecule has 6 nitrogen and oxygen atoms in total. The average Bonchev–Trinajstić information content (AvgIpc) is 2.52. The first-order valence-corrected chi connectivity index (χ1v) is 4.80. The minimum atomic E-state index is -0.733. The maximum absolute atomic E-state index is 11.7. The molecule has 0 saturated heterocycles. The second-order valence-electron chi connectivity index (χ2n) is 3.13. The molecule has 1 aliphatic heterocycles. The van der Waals surface area contributed by atoms with Crippen molar-refractivity contribution in [3.63, 3.8) is 0 Å². The maximum atomic E-state index is 11.7. The third-order valence-corrected chi connectivity index (χ3v) is 2.04. The SMILES string of the molecule is C=CC1=C(C=C)C(=O)N(OC(=O)CNC)C1=O. The molecular weight excluding hydrogens is 224 g/mol. The Balaban J connectivity index is 2.91. The zero-order valence-electron chi connectivity index (χ0n) is 9.36. The molecule has 0 aliphatic carbocycles. The van der Waals surface area contributed by atoms with Crippen molar-refractivity contribution < 1.29 is 19.2 Å². The Kier molecular flexibility index (Phi) is 3.95. The van der Waals surface area contributed by atoms with Crippen molar-refractivity contribution in [3.8, 4) is 0 Å². The molecule has 1 aliphatic rings. The van der Waals surface area contributed by atoms with Crippen LogP contribution in [0.25, 0.3) is 0 Å². The van der Waals surface area contributed by atoms with Crippen LogP contribution in [0.2, 0.25) is 0 Å². The molecule has 0 bridgehead atoms. The topological polar surface area (TPSA) is 75.7 Å². The average molecular weight is 236 g/mol. The molecule has 1 rings (SSSR count). The van der Waals surface area contributed by atoms with Crippen molar-refractivity contribution in [2.24, 2.45) is 0 Å². The smallest absolute Gasteiger partial charge is 0.328 e. The van der Waals surface area contributed by atoms with Crippen molar-refractivity contribution in [1.82, 2.24) is 10.4 Å². The van der Waals surface area contributed by atoms with E-state index in [1.807, 2.05) is 0 Å². The van der Waals surface area contributed by atoms with Crippen LogP contribution in [0.15, 0.2) is 36.5 Å². The summed E-state index contributed by atoms with van der Waals surface area (Å²) < 4.78 is 0. The van der Waals surface area contributed by atoms with Gasteiger partial charge in [-0.1, -0.05) is 30.4 Å². The fourth-order valence-electron chi connectivity index (χ4n) is 1.30. The van der Waals surface area contributed by atoms with Gasteiger partial charge >= 0.3 is 5.97 Å². The molecule has 0 spiro atoms. The van der Waals surface area contributed by atoms with Gasteiger partial charge in [0.2, 0.25) is 0 Å². The molecule has 0 unspecified atom stereocenters. The van der Waals surface area contributed by atoms with Crippen molar-refractivity contribution >= 4 is 17.8 Å². The van der Waals surface area contributed by atoms with Crippen LogP contribution in [0, 0.1) is 0 Å². The van der Waals surface area contributed by atoms with E-state index in [2.05, 4.69) is 23.3 Å². The molecule has 0 aromatic heterocycles. The summed E-state index contributed by atoms with van der Waals surface area (Å²) in [7, 11) is 1.54. The van der Waals surface area contributed by atoms with Crippen LogP contribution >= 0.6 is 0 Å². The number of hydrogen-bond acceptors (Lipinski definition) is 5. The lowest BCUT2D eigenvalue weighted by Crippen LogP contribution is -2.36. The van der Waals surface area contributed by atoms with Crippen LogP contribution in [0.3, 0.4) is 0 Å². The van der Waals surface area contributed by atoms with E-state index in [0.717, 1.165) is 0 Å². The fraction of sp³-hybridized carbons (Fsp3) is 0.182. The van der Waals surface area contributed by atoms with Gasteiger partial charge in [0.25, 0.3) is 11.8 Å². The first-order valence-electron chi connectivity index (χ1n) is 4.80. The summed E-state index contributed by atoms with van der Waals surface area (Å²) in [5, 5.41) is 2.95. The predicted octanol–water partition coefficient (Wildman–Crippen LogP) is -0.299. The standard InChI is InChI=1S/C11H12N2O4/c1-4-7-8(5-2)11(16)13(10(7)15)17-9(14)6-12-3/h4-5,12H,1-2,6H2,3H3. The van der Waals surface area contributed by atoms with Crippen molar-refractivity contribution in [2.45, 2.75) is 0 Å². The molecule has 0 fully saturated rings. The predicted molar refractivity (Wildman–Crippen MR) is 59.3 cm³/mol. The van der Waals surface area contributed by atoms with Crippen LogP contribution < -0.4 is 5.32 Å². The van der Waals surface area contributed by atoms with Crippen LogP contribution in [0.5, 0.6) is 0 Å². The second kappa shape index (κ2) is 5.22. The fourth-order valence-corrected chi connectivity index (χ4v) is 1.30. The largest absolute Gasteiger partial charge is 0.346 e. The molecule has 0 radical (unpaired) electrons. The van der Waals surface area contributed by atoms with Gasteiger partial charge in [0.05, 0.1) is 17.7 Å². The van der Waals surface area contributed by atoms with Gasteiger partial charge in [-0.25, -0.2) is 4.79 Å². The number of nitrogens with one attached hydrogen (secondary N) is 1. The lowest BCUT2D eigenvalue weighted by molar-refractivity contribution is -0.195. The number of carbonyl (C=O) groups excluding carboxylic acids is 3. The third kappa shape index (κ3) is 2.31. The Hall–Kier alpha value is -2.21. The monoisotopic (exact) mass is 236 g/mol. The summed E-state index contributed by atoms with van der Waals surface area (Å²) in [5.41, 5.74) is 0.143. The Morgan fingerprint density at radius 2 is 1.76 bits per heavy atom. The number of hydrogen-bond donors (Lipinski definition) is 1. The van der Waals surface area contributed by atoms with Crippen molar-refractivity contribution in [2.75, 3.05) is 13.6 Å². The summed E-state index contributed by atoms with van der Waals surface area (Å²) in [6.45, 7) is 6.73. The number of carbonyl (C=O) groups is 3. The van der Waals surface area contributed by atoms with E-state index in [4.69, 9.17) is 0 Å². The normalized spacial score (nSPS) is 15.2. The number of imide groups is 1. The number of nitrogens with zero attached hydrogens (tertiary/aromatic N) is 1. The molecule has 0 atom stereocenters. The molecule has 0 saturated carbocycles. The molecule has 90 valence electrons. The van der Waals surface area contributed by atoms with Gasteiger partial charge < -0.3 is 10.2 Å². The number of amides is 2. The van der Waals surface area contributed by atoms with Gasteiger partial charge in [0.15, 0.2) is 0 Å². The zero-order chi connectivity index (χ0) is 13.0. The van der Waals surface area contributed by atoms with Crippen LogP contribution in [-0.4, -0.2) is 36.4 Å². The lowest BCUT2D eigenvalue weighted by atomic mass is 10.1. The van der Waals surface area contributed by atoms with E-state index in [1.165, 1.54) is 19.2 Å². The number of rotatable bonds is 5. The van der Waals surface area contributed by atoms with E-state index >= 15 is 0 Å². The lowest BCUT2D eigenvalue weighted by Gasteiger charge is -2.13. The Morgan fingerprint density at radius 1 is 1.29 bits per heavy atom. The molecular formula is C11H12N2O4. The molecule has 1 N–H and O–H groups in total. The second-order valence-corrected chi connectivity index (χ2v) is 3.13. The highest BCUT2D eigenvalue weighted by atomic mass is 16.7. The summed E-state index contributed by atoms with van der Waals surface area (Å²) >= 11 is 0. The Bertz CT molecular complexity index is 407. The van der Waals surface area contributed by atoms with E-state index in [0.29, 0.717) is 5.06 Å². The Labute approximate surface area is 98.2 Å². The van der Waals surface area contributed by atoms with Gasteiger partial charge in [-0.2, -0.15) is 0 Å². The molecule has 17 heavy (non-hydrogen) atoms. The molecule has 2 amide bonds. The highest BCUT2D eigenvalue weighted by Crippen LogP contribution is 2.22. The molecule has 6 heteroatoms. The van der Waals surface area contributed by atoms with E-state index in [9.17, 15) is 14.4 Å². The third-order valence-electron chi connectivity index (χ3n) is 2.04. The van der Waals surface area contributed by atoms with E-state index in [-0.39, 0.29) is 17.7 Å². The number of likely N-dealkylation sites (N-methyl/N-ethyl adjacent to an activating group) is 1. The van der Waals surface area contributed by atoms with Gasteiger partial charge in [-0.3, -0.25) is 9.59 Å². The first kappa shape index (κ1) is 12.9. The van der Waals surface area contributed by atoms with Gasteiger partial charge in [-0.15, -0.1) is 0 Å². The van der Waals surface area contributed by atoms with Crippen LogP contribution in [0.4, 0.5) is 0 Å². The molecule has 0 aromatic carbocycles. The highest BCUT2D eigenvalue weighted by molar-refractivity contribution is 6.21. The minimum absolute atomic E-state index is 0.0715. The molecule has 1 heterocycles.